The Morgan fingerprint density at radius 1 is 1.26 bits per heavy atom. The standard InChI is InChI=1S/C15H24N2O2/c1-5-11-13(18)16-12(15(2,3)4)14(19)17(11)10-8-6-7-9-10/h6-7,10-12H,5,8-9H2,1-4H3,(H,16,18). The van der Waals surface area contributed by atoms with Gasteiger partial charge in [-0.3, -0.25) is 9.59 Å². The predicted molar refractivity (Wildman–Crippen MR) is 74.5 cm³/mol. The van der Waals surface area contributed by atoms with E-state index in [1.54, 1.807) is 0 Å². The molecule has 2 rings (SSSR count). The third kappa shape index (κ3) is 2.53. The average molecular weight is 264 g/mol. The fourth-order valence-electron chi connectivity index (χ4n) is 2.96. The first-order valence-corrected chi connectivity index (χ1v) is 7.13. The maximum absolute atomic E-state index is 12.8. The van der Waals surface area contributed by atoms with Gasteiger partial charge >= 0.3 is 0 Å². The van der Waals surface area contributed by atoms with Crippen LogP contribution < -0.4 is 5.32 Å². The molecule has 1 aliphatic heterocycles. The van der Waals surface area contributed by atoms with E-state index in [9.17, 15) is 9.59 Å². The summed E-state index contributed by atoms with van der Waals surface area (Å²) < 4.78 is 0. The van der Waals surface area contributed by atoms with Crippen LogP contribution in [0.2, 0.25) is 0 Å². The van der Waals surface area contributed by atoms with Crippen molar-refractivity contribution in [3.05, 3.63) is 12.2 Å². The number of hydrogen-bond acceptors (Lipinski definition) is 2. The molecule has 0 aromatic heterocycles. The highest BCUT2D eigenvalue weighted by Crippen LogP contribution is 2.30. The van der Waals surface area contributed by atoms with Crippen LogP contribution in [0.3, 0.4) is 0 Å². The fourth-order valence-corrected chi connectivity index (χ4v) is 2.96. The molecule has 1 heterocycles. The zero-order chi connectivity index (χ0) is 14.2. The Morgan fingerprint density at radius 2 is 1.84 bits per heavy atom. The number of carbonyl (C=O) groups is 2. The molecule has 0 aromatic carbocycles. The zero-order valence-electron chi connectivity index (χ0n) is 12.3. The van der Waals surface area contributed by atoms with E-state index in [4.69, 9.17) is 0 Å². The lowest BCUT2D eigenvalue weighted by Crippen LogP contribution is -2.68. The minimum Gasteiger partial charge on any atom is -0.342 e. The molecule has 1 fully saturated rings. The summed E-state index contributed by atoms with van der Waals surface area (Å²) in [4.78, 5) is 26.9. The van der Waals surface area contributed by atoms with E-state index in [1.807, 2.05) is 32.6 Å². The van der Waals surface area contributed by atoms with E-state index >= 15 is 0 Å². The summed E-state index contributed by atoms with van der Waals surface area (Å²) in [6.07, 6.45) is 6.61. The number of hydrogen-bond donors (Lipinski definition) is 1. The van der Waals surface area contributed by atoms with Crippen LogP contribution in [0, 0.1) is 5.41 Å². The highest BCUT2D eigenvalue weighted by atomic mass is 16.2. The Balaban J connectivity index is 2.29. The van der Waals surface area contributed by atoms with E-state index in [2.05, 4.69) is 17.5 Å². The number of rotatable bonds is 2. The maximum atomic E-state index is 12.8. The van der Waals surface area contributed by atoms with Gasteiger partial charge in [0, 0.05) is 6.04 Å². The van der Waals surface area contributed by atoms with E-state index in [1.165, 1.54) is 0 Å². The lowest BCUT2D eigenvalue weighted by atomic mass is 9.83. The largest absolute Gasteiger partial charge is 0.342 e. The van der Waals surface area contributed by atoms with Crippen molar-refractivity contribution in [3.8, 4) is 0 Å². The Morgan fingerprint density at radius 3 is 2.32 bits per heavy atom. The Labute approximate surface area is 115 Å². The van der Waals surface area contributed by atoms with Crippen LogP contribution in [0.5, 0.6) is 0 Å². The molecule has 0 spiro atoms. The first-order valence-electron chi connectivity index (χ1n) is 7.13. The molecule has 2 unspecified atom stereocenters. The number of nitrogens with zero attached hydrogens (tertiary/aromatic N) is 1. The second-order valence-corrected chi connectivity index (χ2v) is 6.57. The van der Waals surface area contributed by atoms with Crippen LogP contribution in [0.4, 0.5) is 0 Å². The van der Waals surface area contributed by atoms with Gasteiger partial charge in [-0.15, -0.1) is 0 Å². The summed E-state index contributed by atoms with van der Waals surface area (Å²) in [5.41, 5.74) is -0.254. The van der Waals surface area contributed by atoms with Gasteiger partial charge in [-0.05, 0) is 24.7 Å². The summed E-state index contributed by atoms with van der Waals surface area (Å²) in [5, 5.41) is 2.91. The molecular formula is C15H24N2O2. The smallest absolute Gasteiger partial charge is 0.246 e. The number of nitrogens with one attached hydrogen (secondary N) is 1. The fraction of sp³-hybridized carbons (Fsp3) is 0.733. The molecule has 0 aromatic rings. The number of piperazine rings is 1. The molecule has 1 N–H and O–H groups in total. The third-order valence-corrected chi connectivity index (χ3v) is 4.06. The van der Waals surface area contributed by atoms with Crippen molar-refractivity contribution in [3.63, 3.8) is 0 Å². The molecule has 0 radical (unpaired) electrons. The van der Waals surface area contributed by atoms with Crippen molar-refractivity contribution >= 4 is 11.8 Å². The average Bonchev–Trinajstić information content (AvgIpc) is 2.82. The molecule has 2 aliphatic rings. The first-order chi connectivity index (χ1) is 8.86. The molecule has 4 nitrogen and oxygen atoms in total. The van der Waals surface area contributed by atoms with Gasteiger partial charge in [0.15, 0.2) is 0 Å². The zero-order valence-corrected chi connectivity index (χ0v) is 12.3. The van der Waals surface area contributed by atoms with E-state index in [0.717, 1.165) is 12.8 Å². The third-order valence-electron chi connectivity index (χ3n) is 4.06. The molecule has 1 saturated heterocycles. The summed E-state index contributed by atoms with van der Waals surface area (Å²) in [5.74, 6) is 0.0709. The second-order valence-electron chi connectivity index (χ2n) is 6.57. The van der Waals surface area contributed by atoms with Crippen LogP contribution in [-0.2, 0) is 9.59 Å². The Kier molecular flexibility index (Phi) is 3.70. The predicted octanol–water partition coefficient (Wildman–Crippen LogP) is 1.86. The van der Waals surface area contributed by atoms with Crippen molar-refractivity contribution in [2.75, 3.05) is 0 Å². The molecule has 4 heteroatoms. The maximum Gasteiger partial charge on any atom is 0.246 e. The summed E-state index contributed by atoms with van der Waals surface area (Å²) in [6, 6.07) is -0.562. The van der Waals surface area contributed by atoms with Crippen molar-refractivity contribution in [2.24, 2.45) is 5.41 Å². The van der Waals surface area contributed by atoms with E-state index < -0.39 is 6.04 Å². The molecule has 2 atom stereocenters. The highest BCUT2D eigenvalue weighted by molar-refractivity contribution is 5.97. The SMILES string of the molecule is CCC1C(=O)NC(C(C)(C)C)C(=O)N1C1CC=CC1. The van der Waals surface area contributed by atoms with Gasteiger partial charge in [0.05, 0.1) is 0 Å². The van der Waals surface area contributed by atoms with Gasteiger partial charge in [0.25, 0.3) is 0 Å². The van der Waals surface area contributed by atoms with Gasteiger partial charge in [-0.2, -0.15) is 0 Å². The van der Waals surface area contributed by atoms with Gasteiger partial charge in [0.1, 0.15) is 12.1 Å². The minimum absolute atomic E-state index is 0.00563. The highest BCUT2D eigenvalue weighted by Gasteiger charge is 2.46. The molecule has 0 saturated carbocycles. The van der Waals surface area contributed by atoms with Crippen molar-refractivity contribution in [1.82, 2.24) is 10.2 Å². The first kappa shape index (κ1) is 14.1. The quantitative estimate of drug-likeness (QED) is 0.774. The summed E-state index contributed by atoms with van der Waals surface area (Å²) >= 11 is 0. The van der Waals surface area contributed by atoms with Crippen LogP contribution >= 0.6 is 0 Å². The number of amides is 2. The Bertz CT molecular complexity index is 401. The van der Waals surface area contributed by atoms with Crippen molar-refractivity contribution < 1.29 is 9.59 Å². The lowest BCUT2D eigenvalue weighted by molar-refractivity contribution is -0.155. The molecule has 106 valence electrons. The van der Waals surface area contributed by atoms with Gasteiger partial charge in [0.2, 0.25) is 11.8 Å². The molecule has 19 heavy (non-hydrogen) atoms. The Hall–Kier alpha value is -1.32. The van der Waals surface area contributed by atoms with Crippen LogP contribution in [0.25, 0.3) is 0 Å². The van der Waals surface area contributed by atoms with Crippen LogP contribution in [0.1, 0.15) is 47.0 Å². The van der Waals surface area contributed by atoms with Gasteiger partial charge in [-0.1, -0.05) is 39.8 Å². The number of carbonyl (C=O) groups excluding carboxylic acids is 2. The minimum atomic E-state index is -0.414. The molecule has 2 amide bonds. The van der Waals surface area contributed by atoms with E-state index in [0.29, 0.717) is 6.42 Å². The van der Waals surface area contributed by atoms with Crippen LogP contribution in [0.15, 0.2) is 12.2 Å². The van der Waals surface area contributed by atoms with E-state index in [-0.39, 0.29) is 29.3 Å². The summed E-state index contributed by atoms with van der Waals surface area (Å²) in [6.45, 7) is 7.94. The summed E-state index contributed by atoms with van der Waals surface area (Å²) in [7, 11) is 0. The van der Waals surface area contributed by atoms with Crippen molar-refractivity contribution in [1.29, 1.82) is 0 Å². The molecule has 0 bridgehead atoms. The van der Waals surface area contributed by atoms with Crippen LogP contribution in [-0.4, -0.2) is 34.8 Å². The topological polar surface area (TPSA) is 49.4 Å². The van der Waals surface area contributed by atoms with Gasteiger partial charge in [-0.25, -0.2) is 0 Å². The second kappa shape index (κ2) is 4.99. The normalized spacial score (nSPS) is 28.9. The lowest BCUT2D eigenvalue weighted by Gasteiger charge is -2.45. The molecule has 1 aliphatic carbocycles. The monoisotopic (exact) mass is 264 g/mol. The van der Waals surface area contributed by atoms with Gasteiger partial charge < -0.3 is 10.2 Å². The molecular weight excluding hydrogens is 240 g/mol. The van der Waals surface area contributed by atoms with Crippen molar-refractivity contribution in [2.45, 2.75) is 65.1 Å².